The smallest absolute Gasteiger partial charge is 0.228 e. The molecule has 0 bridgehead atoms. The van der Waals surface area contributed by atoms with Gasteiger partial charge in [-0.1, -0.05) is 17.7 Å². The minimum absolute atomic E-state index is 0.148. The number of hydrogen-bond acceptors (Lipinski definition) is 2. The zero-order chi connectivity index (χ0) is 15.6. The summed E-state index contributed by atoms with van der Waals surface area (Å²) >= 11 is 5.90. The van der Waals surface area contributed by atoms with Crippen LogP contribution in [0, 0.1) is 19.7 Å². The lowest BCUT2D eigenvalue weighted by atomic mass is 10.1. The molecule has 0 fully saturated rings. The SMILES string of the molecule is Cc1cc(NC(=O)Cc2c(F)cccc2Cl)c(C)cc1O. The largest absolute Gasteiger partial charge is 0.508 e. The number of amides is 1. The van der Waals surface area contributed by atoms with Crippen molar-refractivity contribution in [3.05, 3.63) is 57.9 Å². The maximum absolute atomic E-state index is 13.6. The lowest BCUT2D eigenvalue weighted by Crippen LogP contribution is -2.16. The number of aromatic hydroxyl groups is 1. The number of carbonyl (C=O) groups is 1. The van der Waals surface area contributed by atoms with E-state index < -0.39 is 5.82 Å². The molecule has 0 unspecified atom stereocenters. The number of halogens is 2. The van der Waals surface area contributed by atoms with Gasteiger partial charge in [0.15, 0.2) is 0 Å². The van der Waals surface area contributed by atoms with Crippen LogP contribution in [-0.2, 0) is 11.2 Å². The van der Waals surface area contributed by atoms with Gasteiger partial charge in [0, 0.05) is 16.3 Å². The van der Waals surface area contributed by atoms with Crippen molar-refractivity contribution in [3.63, 3.8) is 0 Å². The molecular weight excluding hydrogens is 293 g/mol. The second-order valence-electron chi connectivity index (χ2n) is 4.88. The summed E-state index contributed by atoms with van der Waals surface area (Å²) in [5.41, 5.74) is 2.14. The molecule has 0 spiro atoms. The zero-order valence-electron chi connectivity index (χ0n) is 11.7. The standard InChI is InChI=1S/C16H15ClFNO2/c1-9-7-15(20)10(2)6-14(9)19-16(21)8-11-12(17)4-3-5-13(11)18/h3-7,20H,8H2,1-2H3,(H,19,21). The number of anilines is 1. The van der Waals surface area contributed by atoms with Gasteiger partial charge in [0.1, 0.15) is 11.6 Å². The average Bonchev–Trinajstić information content (AvgIpc) is 2.40. The van der Waals surface area contributed by atoms with Crippen molar-refractivity contribution in [1.29, 1.82) is 0 Å². The topological polar surface area (TPSA) is 49.3 Å². The molecule has 0 aliphatic rings. The molecule has 0 aliphatic carbocycles. The van der Waals surface area contributed by atoms with Crippen LogP contribution in [0.4, 0.5) is 10.1 Å². The van der Waals surface area contributed by atoms with E-state index in [9.17, 15) is 14.3 Å². The summed E-state index contributed by atoms with van der Waals surface area (Å²) < 4.78 is 13.6. The van der Waals surface area contributed by atoms with Crippen LogP contribution in [-0.4, -0.2) is 11.0 Å². The van der Waals surface area contributed by atoms with E-state index in [2.05, 4.69) is 5.32 Å². The first-order chi connectivity index (χ1) is 9.88. The monoisotopic (exact) mass is 307 g/mol. The summed E-state index contributed by atoms with van der Waals surface area (Å²) in [6.45, 7) is 3.50. The Morgan fingerprint density at radius 2 is 2.00 bits per heavy atom. The van der Waals surface area contributed by atoms with Crippen molar-refractivity contribution in [1.82, 2.24) is 0 Å². The van der Waals surface area contributed by atoms with Crippen LogP contribution >= 0.6 is 11.6 Å². The molecular formula is C16H15ClFNO2. The summed E-state index contributed by atoms with van der Waals surface area (Å²) in [5.74, 6) is -0.700. The summed E-state index contributed by atoms with van der Waals surface area (Å²) in [6.07, 6.45) is -0.148. The van der Waals surface area contributed by atoms with Crippen molar-refractivity contribution in [3.8, 4) is 5.75 Å². The van der Waals surface area contributed by atoms with Crippen LogP contribution in [0.15, 0.2) is 30.3 Å². The molecule has 0 saturated heterocycles. The molecule has 3 nitrogen and oxygen atoms in total. The fraction of sp³-hybridized carbons (Fsp3) is 0.188. The number of rotatable bonds is 3. The maximum atomic E-state index is 13.6. The first kappa shape index (κ1) is 15.3. The Balaban J connectivity index is 2.18. The number of phenols is 1. The predicted molar refractivity (Wildman–Crippen MR) is 81.3 cm³/mol. The Morgan fingerprint density at radius 3 is 2.67 bits per heavy atom. The van der Waals surface area contributed by atoms with Gasteiger partial charge in [-0.15, -0.1) is 0 Å². The summed E-state index contributed by atoms with van der Waals surface area (Å²) in [7, 11) is 0. The van der Waals surface area contributed by atoms with Gasteiger partial charge in [-0.3, -0.25) is 4.79 Å². The second-order valence-corrected chi connectivity index (χ2v) is 5.29. The second kappa shape index (κ2) is 6.14. The molecule has 0 radical (unpaired) electrons. The Kier molecular flexibility index (Phi) is 4.48. The van der Waals surface area contributed by atoms with Crippen molar-refractivity contribution in [2.75, 3.05) is 5.32 Å². The molecule has 0 aromatic heterocycles. The van der Waals surface area contributed by atoms with E-state index in [0.717, 1.165) is 5.56 Å². The van der Waals surface area contributed by atoms with Gasteiger partial charge in [0.05, 0.1) is 6.42 Å². The Labute approximate surface area is 127 Å². The quantitative estimate of drug-likeness (QED) is 0.843. The van der Waals surface area contributed by atoms with Crippen LogP contribution < -0.4 is 5.32 Å². The van der Waals surface area contributed by atoms with E-state index in [4.69, 9.17) is 11.6 Å². The Morgan fingerprint density at radius 1 is 1.29 bits per heavy atom. The highest BCUT2D eigenvalue weighted by Crippen LogP contribution is 2.25. The van der Waals surface area contributed by atoms with E-state index in [1.165, 1.54) is 12.1 Å². The molecule has 2 aromatic rings. The minimum atomic E-state index is -0.503. The van der Waals surface area contributed by atoms with Gasteiger partial charge >= 0.3 is 0 Å². The van der Waals surface area contributed by atoms with Crippen LogP contribution in [0.2, 0.25) is 5.02 Å². The molecule has 0 heterocycles. The highest BCUT2D eigenvalue weighted by atomic mass is 35.5. The van der Waals surface area contributed by atoms with Crippen molar-refractivity contribution in [2.45, 2.75) is 20.3 Å². The molecule has 21 heavy (non-hydrogen) atoms. The van der Waals surface area contributed by atoms with Crippen LogP contribution in [0.3, 0.4) is 0 Å². The van der Waals surface area contributed by atoms with E-state index in [0.29, 0.717) is 11.3 Å². The molecule has 1 amide bonds. The third-order valence-electron chi connectivity index (χ3n) is 3.22. The lowest BCUT2D eigenvalue weighted by Gasteiger charge is -2.11. The number of benzene rings is 2. The van der Waals surface area contributed by atoms with E-state index in [-0.39, 0.29) is 28.7 Å². The predicted octanol–water partition coefficient (Wildman–Crippen LogP) is 3.98. The van der Waals surface area contributed by atoms with E-state index in [1.807, 2.05) is 0 Å². The van der Waals surface area contributed by atoms with Gasteiger partial charge in [-0.25, -0.2) is 4.39 Å². The van der Waals surface area contributed by atoms with Gasteiger partial charge < -0.3 is 10.4 Å². The number of hydrogen-bond donors (Lipinski definition) is 2. The zero-order valence-corrected chi connectivity index (χ0v) is 12.5. The lowest BCUT2D eigenvalue weighted by molar-refractivity contribution is -0.115. The molecule has 0 atom stereocenters. The molecule has 0 saturated carbocycles. The molecule has 5 heteroatoms. The van der Waals surface area contributed by atoms with Crippen LogP contribution in [0.5, 0.6) is 5.75 Å². The van der Waals surface area contributed by atoms with Crippen molar-refractivity contribution in [2.24, 2.45) is 0 Å². The molecule has 2 aromatic carbocycles. The first-order valence-corrected chi connectivity index (χ1v) is 6.79. The minimum Gasteiger partial charge on any atom is -0.508 e. The number of phenolic OH excluding ortho intramolecular Hbond substituents is 1. The van der Waals surface area contributed by atoms with Crippen LogP contribution in [0.25, 0.3) is 0 Å². The highest BCUT2D eigenvalue weighted by molar-refractivity contribution is 6.31. The van der Waals surface area contributed by atoms with Gasteiger partial charge in [0.25, 0.3) is 0 Å². The fourth-order valence-electron chi connectivity index (χ4n) is 1.99. The fourth-order valence-corrected chi connectivity index (χ4v) is 2.22. The van der Waals surface area contributed by atoms with Gasteiger partial charge in [0.2, 0.25) is 5.91 Å². The average molecular weight is 308 g/mol. The van der Waals surface area contributed by atoms with Gasteiger partial charge in [-0.05, 0) is 49.2 Å². The molecule has 2 N–H and O–H groups in total. The third kappa shape index (κ3) is 3.52. The number of carbonyl (C=O) groups excluding carboxylic acids is 1. The van der Waals surface area contributed by atoms with Crippen molar-refractivity contribution < 1.29 is 14.3 Å². The van der Waals surface area contributed by atoms with Crippen LogP contribution in [0.1, 0.15) is 16.7 Å². The Bertz CT molecular complexity index is 681. The van der Waals surface area contributed by atoms with E-state index in [1.54, 1.807) is 32.0 Å². The highest BCUT2D eigenvalue weighted by Gasteiger charge is 2.13. The molecule has 0 aliphatic heterocycles. The van der Waals surface area contributed by atoms with Crippen molar-refractivity contribution >= 4 is 23.2 Å². The van der Waals surface area contributed by atoms with E-state index >= 15 is 0 Å². The number of aryl methyl sites for hydroxylation is 2. The normalized spacial score (nSPS) is 10.5. The maximum Gasteiger partial charge on any atom is 0.228 e. The molecule has 110 valence electrons. The first-order valence-electron chi connectivity index (χ1n) is 6.41. The molecule has 2 rings (SSSR count). The van der Waals surface area contributed by atoms with Gasteiger partial charge in [-0.2, -0.15) is 0 Å². The summed E-state index contributed by atoms with van der Waals surface area (Å²) in [5, 5.41) is 12.5. The Hall–Kier alpha value is -2.07. The number of nitrogens with one attached hydrogen (secondary N) is 1. The summed E-state index contributed by atoms with van der Waals surface area (Å²) in [6, 6.07) is 7.55. The summed E-state index contributed by atoms with van der Waals surface area (Å²) in [4.78, 5) is 12.0. The third-order valence-corrected chi connectivity index (χ3v) is 3.57.